The first-order chi connectivity index (χ1) is 7.72. The molecule has 3 heteroatoms. The molecule has 0 aromatic rings. The van der Waals surface area contributed by atoms with Crippen LogP contribution in [0.3, 0.4) is 0 Å². The van der Waals surface area contributed by atoms with Crippen LogP contribution in [0.15, 0.2) is 0 Å². The van der Waals surface area contributed by atoms with Crippen LogP contribution in [-0.2, 0) is 4.74 Å². The summed E-state index contributed by atoms with van der Waals surface area (Å²) in [4.78, 5) is 2.44. The Morgan fingerprint density at radius 2 is 1.88 bits per heavy atom. The predicted molar refractivity (Wildman–Crippen MR) is 64.5 cm³/mol. The van der Waals surface area contributed by atoms with E-state index in [1.807, 2.05) is 0 Å². The Balaban J connectivity index is 1.72. The molecule has 0 atom stereocenters. The summed E-state index contributed by atoms with van der Waals surface area (Å²) in [6.07, 6.45) is 6.87. The van der Waals surface area contributed by atoms with Gasteiger partial charge in [0.05, 0.1) is 5.60 Å². The van der Waals surface area contributed by atoms with Crippen molar-refractivity contribution in [1.29, 1.82) is 0 Å². The van der Waals surface area contributed by atoms with Gasteiger partial charge in [-0.25, -0.2) is 0 Å². The molecule has 1 heterocycles. The highest BCUT2D eigenvalue weighted by atomic mass is 16.5. The molecule has 1 aliphatic heterocycles. The summed E-state index contributed by atoms with van der Waals surface area (Å²) in [5, 5.41) is 10.3. The first-order valence-electron chi connectivity index (χ1n) is 6.65. The minimum Gasteiger partial charge on any atom is -0.389 e. The number of β-amino-alcohol motifs (C(OH)–C–C–N with tert-alkyl or cyclic N) is 1. The molecule has 0 bridgehead atoms. The molecule has 2 aliphatic rings. The average molecular weight is 227 g/mol. The van der Waals surface area contributed by atoms with Crippen molar-refractivity contribution in [3.63, 3.8) is 0 Å². The highest BCUT2D eigenvalue weighted by Gasteiger charge is 2.34. The molecule has 0 amide bonds. The van der Waals surface area contributed by atoms with Gasteiger partial charge in [0, 0.05) is 20.3 Å². The van der Waals surface area contributed by atoms with Crippen LogP contribution in [0.4, 0.5) is 0 Å². The number of likely N-dealkylation sites (tertiary alicyclic amines) is 1. The largest absolute Gasteiger partial charge is 0.389 e. The van der Waals surface area contributed by atoms with Gasteiger partial charge >= 0.3 is 0 Å². The second-order valence-electron chi connectivity index (χ2n) is 5.61. The van der Waals surface area contributed by atoms with Crippen molar-refractivity contribution < 1.29 is 9.84 Å². The zero-order valence-electron chi connectivity index (χ0n) is 10.5. The van der Waals surface area contributed by atoms with E-state index in [9.17, 15) is 5.11 Å². The van der Waals surface area contributed by atoms with Crippen LogP contribution in [0, 0.1) is 5.92 Å². The van der Waals surface area contributed by atoms with Gasteiger partial charge in [0.2, 0.25) is 0 Å². The number of piperidine rings is 1. The van der Waals surface area contributed by atoms with Gasteiger partial charge < -0.3 is 14.7 Å². The van der Waals surface area contributed by atoms with Crippen LogP contribution in [-0.4, -0.2) is 49.0 Å². The Morgan fingerprint density at radius 1 is 1.25 bits per heavy atom. The molecule has 0 unspecified atom stereocenters. The molecule has 1 saturated heterocycles. The lowest BCUT2D eigenvalue weighted by molar-refractivity contribution is -0.00425. The summed E-state index contributed by atoms with van der Waals surface area (Å²) >= 11 is 0. The Morgan fingerprint density at radius 3 is 2.44 bits per heavy atom. The van der Waals surface area contributed by atoms with Crippen LogP contribution < -0.4 is 0 Å². The van der Waals surface area contributed by atoms with Crippen molar-refractivity contribution in [2.75, 3.05) is 33.4 Å². The molecule has 0 radical (unpaired) electrons. The van der Waals surface area contributed by atoms with Crippen LogP contribution in [0.5, 0.6) is 0 Å². The van der Waals surface area contributed by atoms with Gasteiger partial charge in [0.1, 0.15) is 0 Å². The van der Waals surface area contributed by atoms with Crippen molar-refractivity contribution in [2.45, 2.75) is 44.1 Å². The number of ether oxygens (including phenoxy) is 1. The number of methoxy groups -OCH3 is 1. The van der Waals surface area contributed by atoms with E-state index >= 15 is 0 Å². The lowest BCUT2D eigenvalue weighted by Gasteiger charge is -2.36. The fourth-order valence-electron chi connectivity index (χ4n) is 3.15. The van der Waals surface area contributed by atoms with E-state index in [0.29, 0.717) is 0 Å². The molecule has 2 fully saturated rings. The zero-order valence-corrected chi connectivity index (χ0v) is 10.5. The maximum absolute atomic E-state index is 10.3. The Kier molecular flexibility index (Phi) is 4.22. The van der Waals surface area contributed by atoms with Gasteiger partial charge in [-0.2, -0.15) is 0 Å². The van der Waals surface area contributed by atoms with E-state index in [4.69, 9.17) is 4.74 Å². The fourth-order valence-corrected chi connectivity index (χ4v) is 3.15. The van der Waals surface area contributed by atoms with Crippen molar-refractivity contribution >= 4 is 0 Å². The topological polar surface area (TPSA) is 32.7 Å². The molecule has 2 rings (SSSR count). The van der Waals surface area contributed by atoms with Crippen LogP contribution >= 0.6 is 0 Å². The van der Waals surface area contributed by atoms with Crippen molar-refractivity contribution in [1.82, 2.24) is 4.90 Å². The first-order valence-corrected chi connectivity index (χ1v) is 6.65. The molecule has 94 valence electrons. The van der Waals surface area contributed by atoms with E-state index < -0.39 is 0 Å². The highest BCUT2D eigenvalue weighted by Crippen LogP contribution is 2.31. The van der Waals surface area contributed by atoms with Gasteiger partial charge in [0.15, 0.2) is 0 Å². The minimum atomic E-state index is -0.367. The summed E-state index contributed by atoms with van der Waals surface area (Å²) < 4.78 is 5.20. The van der Waals surface area contributed by atoms with Gasteiger partial charge in [-0.05, 0) is 44.7 Å². The van der Waals surface area contributed by atoms with E-state index in [-0.39, 0.29) is 5.60 Å². The summed E-state index contributed by atoms with van der Waals surface area (Å²) in [7, 11) is 1.79. The third kappa shape index (κ3) is 3.19. The maximum atomic E-state index is 10.3. The Hall–Kier alpha value is -0.120. The monoisotopic (exact) mass is 227 g/mol. The summed E-state index contributed by atoms with van der Waals surface area (Å²) in [6.45, 7) is 4.07. The summed E-state index contributed by atoms with van der Waals surface area (Å²) in [5.41, 5.74) is -0.367. The zero-order chi connectivity index (χ0) is 11.4. The third-order valence-corrected chi connectivity index (χ3v) is 4.16. The molecule has 1 N–H and O–H groups in total. The van der Waals surface area contributed by atoms with Crippen LogP contribution in [0.2, 0.25) is 0 Å². The molecular weight excluding hydrogens is 202 g/mol. The normalized spacial score (nSPS) is 27.4. The quantitative estimate of drug-likeness (QED) is 0.792. The van der Waals surface area contributed by atoms with E-state index in [1.54, 1.807) is 7.11 Å². The first kappa shape index (κ1) is 12.3. The van der Waals surface area contributed by atoms with Gasteiger partial charge in [-0.15, -0.1) is 0 Å². The minimum absolute atomic E-state index is 0.367. The number of aliphatic hydroxyl groups is 1. The van der Waals surface area contributed by atoms with E-state index in [1.165, 1.54) is 25.7 Å². The van der Waals surface area contributed by atoms with Crippen molar-refractivity contribution in [3.05, 3.63) is 0 Å². The van der Waals surface area contributed by atoms with Crippen molar-refractivity contribution in [3.8, 4) is 0 Å². The lowest BCUT2D eigenvalue weighted by Crippen LogP contribution is -2.45. The van der Waals surface area contributed by atoms with E-state index in [0.717, 1.165) is 45.0 Å². The third-order valence-electron chi connectivity index (χ3n) is 4.16. The molecule has 0 aromatic carbocycles. The molecule has 16 heavy (non-hydrogen) atoms. The average Bonchev–Trinajstić information content (AvgIpc) is 2.68. The molecule has 0 spiro atoms. The summed E-state index contributed by atoms with van der Waals surface area (Å²) in [5.74, 6) is 0.736. The van der Waals surface area contributed by atoms with Crippen LogP contribution in [0.1, 0.15) is 38.5 Å². The second-order valence-corrected chi connectivity index (χ2v) is 5.61. The SMILES string of the molecule is COCC1CCN(CC2(O)CCCC2)CC1. The smallest absolute Gasteiger partial charge is 0.0774 e. The van der Waals surface area contributed by atoms with E-state index in [2.05, 4.69) is 4.90 Å². The molecular formula is C13H25NO2. The van der Waals surface area contributed by atoms with Gasteiger partial charge in [-0.3, -0.25) is 0 Å². The van der Waals surface area contributed by atoms with Crippen LogP contribution in [0.25, 0.3) is 0 Å². The molecule has 3 nitrogen and oxygen atoms in total. The molecule has 1 aliphatic carbocycles. The van der Waals surface area contributed by atoms with Crippen molar-refractivity contribution in [2.24, 2.45) is 5.92 Å². The number of hydrogen-bond acceptors (Lipinski definition) is 3. The number of hydrogen-bond donors (Lipinski definition) is 1. The number of nitrogens with zero attached hydrogens (tertiary/aromatic N) is 1. The molecule has 0 aromatic heterocycles. The second kappa shape index (κ2) is 5.48. The lowest BCUT2D eigenvalue weighted by atomic mass is 9.95. The van der Waals surface area contributed by atoms with Gasteiger partial charge in [0.25, 0.3) is 0 Å². The summed E-state index contributed by atoms with van der Waals surface area (Å²) in [6, 6.07) is 0. The fraction of sp³-hybridized carbons (Fsp3) is 1.00. The maximum Gasteiger partial charge on any atom is 0.0774 e. The Labute approximate surface area is 98.8 Å². The molecule has 1 saturated carbocycles. The van der Waals surface area contributed by atoms with Gasteiger partial charge in [-0.1, -0.05) is 12.8 Å². The standard InChI is InChI=1S/C13H25NO2/c1-16-10-12-4-8-14(9-5-12)11-13(15)6-2-3-7-13/h12,15H,2-11H2,1H3. The Bertz CT molecular complexity index is 206. The highest BCUT2D eigenvalue weighted by molar-refractivity contribution is 4.88. The number of rotatable bonds is 4. The predicted octanol–water partition coefficient (Wildman–Crippen LogP) is 1.65.